The quantitative estimate of drug-likeness (QED) is 0.269. The number of carboxylic acid groups (broad SMARTS) is 1. The van der Waals surface area contributed by atoms with E-state index in [0.717, 1.165) is 30.4 Å². The Hall–Kier alpha value is -4.60. The summed E-state index contributed by atoms with van der Waals surface area (Å²) in [6.07, 6.45) is 1.43. The predicted molar refractivity (Wildman–Crippen MR) is 152 cm³/mol. The van der Waals surface area contributed by atoms with E-state index in [1.807, 2.05) is 24.3 Å². The molecule has 220 valence electrons. The molecule has 0 spiro atoms. The summed E-state index contributed by atoms with van der Waals surface area (Å²) >= 11 is 0. The number of hydrogen-bond acceptors (Lipinski definition) is 4. The summed E-state index contributed by atoms with van der Waals surface area (Å²) < 4.78 is 42.1. The molecule has 10 heteroatoms. The van der Waals surface area contributed by atoms with Crippen molar-refractivity contribution in [2.24, 2.45) is 0 Å². The Kier molecular flexibility index (Phi) is 10.0. The van der Waals surface area contributed by atoms with Gasteiger partial charge in [-0.2, -0.15) is 0 Å². The number of alkyl halides is 3. The highest BCUT2D eigenvalue weighted by Crippen LogP contribution is 2.28. The van der Waals surface area contributed by atoms with E-state index < -0.39 is 24.0 Å². The maximum atomic E-state index is 13.6. The van der Waals surface area contributed by atoms with Crippen LogP contribution in [0.2, 0.25) is 0 Å². The van der Waals surface area contributed by atoms with Gasteiger partial charge in [0.2, 0.25) is 5.91 Å². The first-order valence-corrected chi connectivity index (χ1v) is 13.6. The fourth-order valence-electron chi connectivity index (χ4n) is 4.73. The summed E-state index contributed by atoms with van der Waals surface area (Å²) in [7, 11) is 0. The van der Waals surface area contributed by atoms with Crippen LogP contribution >= 0.6 is 0 Å². The lowest BCUT2D eigenvalue weighted by molar-refractivity contribution is -0.274. The largest absolute Gasteiger partial charge is 0.573 e. The van der Waals surface area contributed by atoms with Gasteiger partial charge in [0.15, 0.2) is 0 Å². The van der Waals surface area contributed by atoms with Crippen molar-refractivity contribution < 1.29 is 37.4 Å². The van der Waals surface area contributed by atoms with Crippen molar-refractivity contribution >= 4 is 29.0 Å². The van der Waals surface area contributed by atoms with E-state index in [4.69, 9.17) is 5.11 Å². The summed E-state index contributed by atoms with van der Waals surface area (Å²) in [6.45, 7) is 0.172. The molecule has 0 aliphatic heterocycles. The lowest BCUT2D eigenvalue weighted by Crippen LogP contribution is -2.32. The number of nitrogens with one attached hydrogen (secondary N) is 1. The zero-order valence-corrected chi connectivity index (χ0v) is 22.8. The van der Waals surface area contributed by atoms with Crippen LogP contribution in [0.3, 0.4) is 0 Å². The molecule has 0 atom stereocenters. The maximum Gasteiger partial charge on any atom is 0.573 e. The molecule has 0 unspecified atom stereocenters. The zero-order valence-electron chi connectivity index (χ0n) is 22.8. The van der Waals surface area contributed by atoms with E-state index in [9.17, 15) is 27.6 Å². The second-order valence-corrected chi connectivity index (χ2v) is 9.97. The SMILES string of the molecule is O=C(O)CCNC(=O)c1ccc(N(Cc2ccc(C3=CCCCC3)cc2)C(=O)Cc2cccc(OC(F)(F)F)c2)cc1. The number of anilines is 1. The first-order chi connectivity index (χ1) is 20.1. The van der Waals surface area contributed by atoms with Gasteiger partial charge < -0.3 is 20.1 Å². The standard InChI is InChI=1S/C32H31F3N2O5/c33-32(34,35)42-28-8-4-5-23(19-28)20-29(38)37(21-22-9-11-25(12-10-22)24-6-2-1-3-7-24)27-15-13-26(14-16-27)31(41)36-18-17-30(39)40/h4-6,8-16,19H,1-3,7,17-18,20-21H2,(H,36,41)(H,39,40). The minimum atomic E-state index is -4.85. The van der Waals surface area contributed by atoms with Crippen molar-refractivity contribution in [2.75, 3.05) is 11.4 Å². The molecule has 0 saturated heterocycles. The molecule has 2 amide bonds. The van der Waals surface area contributed by atoms with Crippen LogP contribution in [0.4, 0.5) is 18.9 Å². The molecule has 2 N–H and O–H groups in total. The van der Waals surface area contributed by atoms with Gasteiger partial charge in [-0.1, -0.05) is 42.5 Å². The number of carboxylic acids is 1. The van der Waals surface area contributed by atoms with Gasteiger partial charge in [0.25, 0.3) is 5.91 Å². The van der Waals surface area contributed by atoms with Gasteiger partial charge in [0.1, 0.15) is 5.75 Å². The predicted octanol–water partition coefficient (Wildman–Crippen LogP) is 6.52. The van der Waals surface area contributed by atoms with Crippen LogP contribution in [-0.4, -0.2) is 35.8 Å². The highest BCUT2D eigenvalue weighted by molar-refractivity contribution is 5.97. The first-order valence-electron chi connectivity index (χ1n) is 13.6. The number of rotatable bonds is 11. The van der Waals surface area contributed by atoms with Crippen LogP contribution in [0.1, 0.15) is 59.2 Å². The number of carbonyl (C=O) groups is 3. The number of carbonyl (C=O) groups excluding carboxylic acids is 2. The van der Waals surface area contributed by atoms with Gasteiger partial charge in [0, 0.05) is 17.8 Å². The number of benzene rings is 3. The smallest absolute Gasteiger partial charge is 0.481 e. The second-order valence-electron chi connectivity index (χ2n) is 9.97. The molecule has 0 radical (unpaired) electrons. The third-order valence-corrected chi connectivity index (χ3v) is 6.81. The topological polar surface area (TPSA) is 95.9 Å². The fraction of sp³-hybridized carbons (Fsp3) is 0.281. The van der Waals surface area contributed by atoms with E-state index in [1.165, 1.54) is 47.2 Å². The third-order valence-electron chi connectivity index (χ3n) is 6.81. The molecule has 1 aliphatic carbocycles. The molecule has 0 aromatic heterocycles. The Morgan fingerprint density at radius 1 is 0.929 bits per heavy atom. The molecule has 7 nitrogen and oxygen atoms in total. The molecule has 0 saturated carbocycles. The summed E-state index contributed by atoms with van der Waals surface area (Å²) in [5, 5.41) is 11.3. The van der Waals surface area contributed by atoms with Crippen molar-refractivity contribution in [3.63, 3.8) is 0 Å². The van der Waals surface area contributed by atoms with E-state index in [2.05, 4.69) is 16.1 Å². The minimum Gasteiger partial charge on any atom is -0.481 e. The van der Waals surface area contributed by atoms with E-state index >= 15 is 0 Å². The van der Waals surface area contributed by atoms with E-state index in [-0.39, 0.29) is 31.8 Å². The minimum absolute atomic E-state index is 0.0233. The number of ether oxygens (including phenoxy) is 1. The fourth-order valence-corrected chi connectivity index (χ4v) is 4.73. The molecule has 0 heterocycles. The van der Waals surface area contributed by atoms with Gasteiger partial charge in [-0.15, -0.1) is 13.2 Å². The molecule has 42 heavy (non-hydrogen) atoms. The molecular weight excluding hydrogens is 549 g/mol. The summed E-state index contributed by atoms with van der Waals surface area (Å²) in [6, 6.07) is 19.5. The van der Waals surface area contributed by atoms with Crippen LogP contribution in [0.5, 0.6) is 5.75 Å². The number of hydrogen-bond donors (Lipinski definition) is 2. The number of aliphatic carboxylic acids is 1. The lowest BCUT2D eigenvalue weighted by Gasteiger charge is -2.24. The number of allylic oxidation sites excluding steroid dienone is 2. The molecule has 4 rings (SSSR count). The van der Waals surface area contributed by atoms with Gasteiger partial charge in [-0.25, -0.2) is 0 Å². The molecule has 3 aromatic rings. The highest BCUT2D eigenvalue weighted by atomic mass is 19.4. The highest BCUT2D eigenvalue weighted by Gasteiger charge is 2.31. The van der Waals surface area contributed by atoms with Gasteiger partial charge in [0.05, 0.1) is 19.4 Å². The monoisotopic (exact) mass is 580 g/mol. The van der Waals surface area contributed by atoms with Crippen molar-refractivity contribution in [1.29, 1.82) is 0 Å². The molecule has 3 aromatic carbocycles. The second kappa shape index (κ2) is 13.8. The summed E-state index contributed by atoms with van der Waals surface area (Å²) in [4.78, 5) is 38.2. The zero-order chi connectivity index (χ0) is 30.1. The Morgan fingerprint density at radius 3 is 2.31 bits per heavy atom. The van der Waals surface area contributed by atoms with E-state index in [1.54, 1.807) is 18.2 Å². The molecular formula is C32H31F3N2O5. The summed E-state index contributed by atoms with van der Waals surface area (Å²) in [5.74, 6) is -2.25. The van der Waals surface area contributed by atoms with Crippen molar-refractivity contribution in [2.45, 2.75) is 51.4 Å². The van der Waals surface area contributed by atoms with Crippen LogP contribution in [0, 0.1) is 0 Å². The Morgan fingerprint density at radius 2 is 1.67 bits per heavy atom. The maximum absolute atomic E-state index is 13.6. The number of nitrogens with zero attached hydrogens (tertiary/aromatic N) is 1. The van der Waals surface area contributed by atoms with Crippen LogP contribution in [0.25, 0.3) is 5.57 Å². The van der Waals surface area contributed by atoms with Gasteiger partial charge in [-0.3, -0.25) is 14.4 Å². The van der Waals surface area contributed by atoms with Gasteiger partial charge >= 0.3 is 12.3 Å². The average Bonchev–Trinajstić information content (AvgIpc) is 2.96. The number of amides is 2. The third kappa shape index (κ3) is 8.95. The molecule has 0 fully saturated rings. The van der Waals surface area contributed by atoms with Gasteiger partial charge in [-0.05, 0) is 84.3 Å². The lowest BCUT2D eigenvalue weighted by atomic mass is 9.93. The molecule has 1 aliphatic rings. The van der Waals surface area contributed by atoms with E-state index in [0.29, 0.717) is 16.8 Å². The molecule has 0 bridgehead atoms. The van der Waals surface area contributed by atoms with Crippen LogP contribution in [-0.2, 0) is 22.6 Å². The normalized spacial score (nSPS) is 13.2. The first kappa shape index (κ1) is 30.4. The van der Waals surface area contributed by atoms with Crippen LogP contribution < -0.4 is 15.0 Å². The average molecular weight is 581 g/mol. The Balaban J connectivity index is 1.55. The van der Waals surface area contributed by atoms with Crippen LogP contribution in [0.15, 0.2) is 78.9 Å². The Labute approximate surface area is 241 Å². The van der Waals surface area contributed by atoms with Crippen molar-refractivity contribution in [1.82, 2.24) is 5.32 Å². The summed E-state index contributed by atoms with van der Waals surface area (Å²) in [5.41, 5.74) is 4.42. The van der Waals surface area contributed by atoms with Crippen molar-refractivity contribution in [3.05, 3.63) is 101 Å². The van der Waals surface area contributed by atoms with Crippen molar-refractivity contribution in [3.8, 4) is 5.75 Å². The Bertz CT molecular complexity index is 1430. The number of halogens is 3.